The lowest BCUT2D eigenvalue weighted by molar-refractivity contribution is -0.0900. The van der Waals surface area contributed by atoms with Crippen molar-refractivity contribution in [1.82, 2.24) is 0 Å². The molecule has 0 aromatic carbocycles. The number of hydrogen-bond donors (Lipinski definition) is 5. The van der Waals surface area contributed by atoms with E-state index in [2.05, 4.69) is 6.58 Å². The highest BCUT2D eigenvalue weighted by atomic mass is 16.4. The molecule has 0 amide bonds. The molecule has 0 aromatic heterocycles. The molecule has 0 bridgehead atoms. The van der Waals surface area contributed by atoms with Crippen LogP contribution in [0, 0.1) is 0 Å². The van der Waals surface area contributed by atoms with Gasteiger partial charge in [-0.2, -0.15) is 0 Å². The molecular weight excluding hydrogens is 200 g/mol. The number of aliphatic hydroxyl groups excluding tert-OH is 5. The van der Waals surface area contributed by atoms with Gasteiger partial charge in [0.1, 0.15) is 18.3 Å². The highest BCUT2D eigenvalue weighted by Gasteiger charge is 2.22. The van der Waals surface area contributed by atoms with E-state index in [1.54, 1.807) is 6.08 Å². The Bertz CT molecular complexity index is 159. The van der Waals surface area contributed by atoms with Gasteiger partial charge in [0.25, 0.3) is 0 Å². The quantitative estimate of drug-likeness (QED) is 0.375. The second-order valence-electron chi connectivity index (χ2n) is 2.75. The van der Waals surface area contributed by atoms with Gasteiger partial charge in [-0.05, 0) is 6.92 Å². The SMILES string of the molecule is C=CC=CC.OCC(O)C(O)C(O)CO. The minimum atomic E-state index is -1.49. The molecule has 5 N–H and O–H groups in total. The van der Waals surface area contributed by atoms with Crippen molar-refractivity contribution in [3.63, 3.8) is 0 Å². The average molecular weight is 220 g/mol. The van der Waals surface area contributed by atoms with Crippen LogP contribution in [0.5, 0.6) is 0 Å². The first-order valence-electron chi connectivity index (χ1n) is 4.54. The van der Waals surface area contributed by atoms with Crippen LogP contribution in [0.15, 0.2) is 24.8 Å². The fourth-order valence-electron chi connectivity index (χ4n) is 0.609. The smallest absolute Gasteiger partial charge is 0.110 e. The molecule has 0 aromatic rings. The van der Waals surface area contributed by atoms with Gasteiger partial charge in [-0.1, -0.05) is 24.8 Å². The topological polar surface area (TPSA) is 101 Å². The molecule has 0 fully saturated rings. The highest BCUT2D eigenvalue weighted by Crippen LogP contribution is 1.97. The molecule has 2 atom stereocenters. The molecule has 2 unspecified atom stereocenters. The average Bonchev–Trinajstić information content (AvgIpc) is 2.27. The van der Waals surface area contributed by atoms with Gasteiger partial charge in [-0.15, -0.1) is 0 Å². The summed E-state index contributed by atoms with van der Waals surface area (Å²) < 4.78 is 0. The molecule has 0 saturated carbocycles. The molecule has 0 spiro atoms. The number of aliphatic hydroxyl groups is 5. The molecule has 5 heteroatoms. The zero-order chi connectivity index (χ0) is 12.3. The summed E-state index contributed by atoms with van der Waals surface area (Å²) in [7, 11) is 0. The van der Waals surface area contributed by atoms with E-state index < -0.39 is 31.5 Å². The van der Waals surface area contributed by atoms with E-state index in [0.29, 0.717) is 0 Å². The van der Waals surface area contributed by atoms with E-state index in [4.69, 9.17) is 25.5 Å². The molecule has 15 heavy (non-hydrogen) atoms. The number of hydrogen-bond acceptors (Lipinski definition) is 5. The van der Waals surface area contributed by atoms with Gasteiger partial charge < -0.3 is 25.5 Å². The Balaban J connectivity index is 0. The van der Waals surface area contributed by atoms with Crippen molar-refractivity contribution in [3.8, 4) is 0 Å². The fraction of sp³-hybridized carbons (Fsp3) is 0.600. The zero-order valence-electron chi connectivity index (χ0n) is 8.82. The molecule has 0 aliphatic rings. The Labute approximate surface area is 89.6 Å². The first-order chi connectivity index (χ1) is 7.04. The molecule has 5 nitrogen and oxygen atoms in total. The summed E-state index contributed by atoms with van der Waals surface area (Å²) in [5, 5.41) is 42.6. The summed E-state index contributed by atoms with van der Waals surface area (Å²) in [5.41, 5.74) is 0. The third-order valence-corrected chi connectivity index (χ3v) is 1.49. The molecule has 0 saturated heterocycles. The van der Waals surface area contributed by atoms with Crippen LogP contribution >= 0.6 is 0 Å². The summed E-state index contributed by atoms with van der Waals surface area (Å²) in [6.45, 7) is 4.14. The lowest BCUT2D eigenvalue weighted by atomic mass is 10.1. The number of allylic oxidation sites excluding steroid dienone is 3. The van der Waals surface area contributed by atoms with E-state index in [1.807, 2.05) is 19.1 Å². The van der Waals surface area contributed by atoms with E-state index in [0.717, 1.165) is 0 Å². The Morgan fingerprint density at radius 1 is 1.07 bits per heavy atom. The van der Waals surface area contributed by atoms with E-state index in [-0.39, 0.29) is 0 Å². The van der Waals surface area contributed by atoms with E-state index >= 15 is 0 Å². The summed E-state index contributed by atoms with van der Waals surface area (Å²) in [6.07, 6.45) is 1.28. The Morgan fingerprint density at radius 2 is 1.47 bits per heavy atom. The maximum atomic E-state index is 8.77. The Hall–Kier alpha value is -0.720. The standard InChI is InChI=1S/C5H12O5.C5H8/c6-1-3(8)5(10)4(9)2-7;1-3-5-4-2/h3-10H,1-2H2;3-5H,1H2,2H3. The van der Waals surface area contributed by atoms with Crippen LogP contribution in [0.4, 0.5) is 0 Å². The van der Waals surface area contributed by atoms with Gasteiger partial charge in [-0.25, -0.2) is 0 Å². The normalized spacial score (nSPS) is 16.4. The van der Waals surface area contributed by atoms with Crippen LogP contribution in [0.1, 0.15) is 6.92 Å². The van der Waals surface area contributed by atoms with Crippen LogP contribution in [-0.4, -0.2) is 57.1 Å². The Kier molecular flexibility index (Phi) is 12.6. The molecule has 0 aliphatic heterocycles. The molecular formula is C10H20O5. The van der Waals surface area contributed by atoms with Crippen molar-refractivity contribution in [2.24, 2.45) is 0 Å². The largest absolute Gasteiger partial charge is 0.394 e. The molecule has 0 heterocycles. The van der Waals surface area contributed by atoms with Gasteiger partial charge in [0.2, 0.25) is 0 Å². The summed E-state index contributed by atoms with van der Waals surface area (Å²) in [6, 6.07) is 0. The van der Waals surface area contributed by atoms with E-state index in [1.165, 1.54) is 0 Å². The first kappa shape index (κ1) is 16.7. The minimum absolute atomic E-state index is 0.641. The lowest BCUT2D eigenvalue weighted by Crippen LogP contribution is -2.41. The van der Waals surface area contributed by atoms with Gasteiger partial charge in [-0.3, -0.25) is 0 Å². The molecule has 0 aliphatic carbocycles. The van der Waals surface area contributed by atoms with Crippen LogP contribution in [0.3, 0.4) is 0 Å². The van der Waals surface area contributed by atoms with Crippen LogP contribution in [-0.2, 0) is 0 Å². The van der Waals surface area contributed by atoms with Crippen LogP contribution in [0.2, 0.25) is 0 Å². The zero-order valence-corrected chi connectivity index (χ0v) is 8.82. The predicted octanol–water partition coefficient (Wildman–Crippen LogP) is -1.20. The van der Waals surface area contributed by atoms with Crippen LogP contribution in [0.25, 0.3) is 0 Å². The van der Waals surface area contributed by atoms with Crippen molar-refractivity contribution in [1.29, 1.82) is 0 Å². The van der Waals surface area contributed by atoms with Crippen molar-refractivity contribution in [2.45, 2.75) is 25.2 Å². The van der Waals surface area contributed by atoms with Gasteiger partial charge in [0.15, 0.2) is 0 Å². The second kappa shape index (κ2) is 11.4. The minimum Gasteiger partial charge on any atom is -0.394 e. The maximum absolute atomic E-state index is 8.77. The number of rotatable bonds is 5. The van der Waals surface area contributed by atoms with Gasteiger partial charge in [0.05, 0.1) is 13.2 Å². The van der Waals surface area contributed by atoms with Crippen molar-refractivity contribution >= 4 is 0 Å². The Morgan fingerprint density at radius 3 is 1.60 bits per heavy atom. The summed E-state index contributed by atoms with van der Waals surface area (Å²) >= 11 is 0. The lowest BCUT2D eigenvalue weighted by Gasteiger charge is -2.19. The molecule has 0 rings (SSSR count). The highest BCUT2D eigenvalue weighted by molar-refractivity contribution is 4.94. The second-order valence-corrected chi connectivity index (χ2v) is 2.75. The van der Waals surface area contributed by atoms with Crippen molar-refractivity contribution in [2.75, 3.05) is 13.2 Å². The van der Waals surface area contributed by atoms with Gasteiger partial charge in [0, 0.05) is 0 Å². The van der Waals surface area contributed by atoms with Crippen molar-refractivity contribution < 1.29 is 25.5 Å². The van der Waals surface area contributed by atoms with Gasteiger partial charge >= 0.3 is 0 Å². The third-order valence-electron chi connectivity index (χ3n) is 1.49. The third kappa shape index (κ3) is 9.58. The molecule has 0 radical (unpaired) electrons. The predicted molar refractivity (Wildman–Crippen MR) is 57.2 cm³/mol. The summed E-state index contributed by atoms with van der Waals surface area (Å²) in [4.78, 5) is 0. The first-order valence-corrected chi connectivity index (χ1v) is 4.54. The molecule has 90 valence electrons. The monoisotopic (exact) mass is 220 g/mol. The van der Waals surface area contributed by atoms with Crippen molar-refractivity contribution in [3.05, 3.63) is 24.8 Å². The van der Waals surface area contributed by atoms with E-state index in [9.17, 15) is 0 Å². The fourth-order valence-corrected chi connectivity index (χ4v) is 0.609. The maximum Gasteiger partial charge on any atom is 0.110 e. The summed E-state index contributed by atoms with van der Waals surface area (Å²) in [5.74, 6) is 0. The van der Waals surface area contributed by atoms with Crippen LogP contribution < -0.4 is 0 Å².